The van der Waals surface area contributed by atoms with Gasteiger partial charge in [-0.3, -0.25) is 4.79 Å². The first-order chi connectivity index (χ1) is 8.16. The lowest BCUT2D eigenvalue weighted by Crippen LogP contribution is -2.43. The molecule has 1 heterocycles. The molecular weight excluding hydrogens is 289 g/mol. The lowest BCUT2D eigenvalue weighted by molar-refractivity contribution is -0.131. The van der Waals surface area contributed by atoms with Crippen LogP contribution in [0.2, 0.25) is 0 Å². The van der Waals surface area contributed by atoms with E-state index in [1.807, 2.05) is 0 Å². The minimum atomic E-state index is -0.388. The number of carbonyl (C=O) groups excluding carboxylic acids is 1. The first-order valence-electron chi connectivity index (χ1n) is 5.46. The summed E-state index contributed by atoms with van der Waals surface area (Å²) in [5, 5.41) is 3.11. The minimum absolute atomic E-state index is 0.0181. The third-order valence-electron chi connectivity index (χ3n) is 2.67. The molecule has 92 valence electrons. The first kappa shape index (κ1) is 12.7. The molecule has 0 aliphatic carbocycles. The summed E-state index contributed by atoms with van der Waals surface area (Å²) in [6, 6.07) is 4.34. The fourth-order valence-corrected chi connectivity index (χ4v) is 2.23. The summed E-state index contributed by atoms with van der Waals surface area (Å²) in [7, 11) is 0. The van der Waals surface area contributed by atoms with E-state index in [-0.39, 0.29) is 24.1 Å². The third-order valence-corrected chi connectivity index (χ3v) is 3.40. The molecule has 1 aliphatic heterocycles. The number of hydrogen-bond donors (Lipinski definition) is 1. The predicted molar refractivity (Wildman–Crippen MR) is 65.4 cm³/mol. The van der Waals surface area contributed by atoms with Crippen molar-refractivity contribution in [3.05, 3.63) is 34.1 Å². The molecule has 1 aliphatic rings. The highest BCUT2D eigenvalue weighted by molar-refractivity contribution is 9.10. The molecule has 1 unspecified atom stereocenters. The molecule has 1 N–H and O–H groups in total. The van der Waals surface area contributed by atoms with Gasteiger partial charge in [0.25, 0.3) is 0 Å². The third kappa shape index (κ3) is 3.34. The minimum Gasteiger partial charge on any atom is -0.368 e. The molecule has 0 amide bonds. The highest BCUT2D eigenvalue weighted by atomic mass is 79.9. The molecule has 5 heteroatoms. The summed E-state index contributed by atoms with van der Waals surface area (Å²) < 4.78 is 18.9. The Balaban J connectivity index is 2.02. The van der Waals surface area contributed by atoms with Crippen molar-refractivity contribution >= 4 is 21.7 Å². The van der Waals surface area contributed by atoms with Gasteiger partial charge in [-0.25, -0.2) is 4.39 Å². The lowest BCUT2D eigenvalue weighted by atomic mass is 10.0. The van der Waals surface area contributed by atoms with Gasteiger partial charge in [-0.1, -0.05) is 22.0 Å². The Kier molecular flexibility index (Phi) is 4.25. The van der Waals surface area contributed by atoms with Crippen LogP contribution in [0.15, 0.2) is 22.7 Å². The molecule has 2 rings (SSSR count). The maximum atomic E-state index is 12.9. The van der Waals surface area contributed by atoms with Gasteiger partial charge in [-0.2, -0.15) is 0 Å². The van der Waals surface area contributed by atoms with Crippen LogP contribution in [0.25, 0.3) is 0 Å². The number of morpholine rings is 1. The van der Waals surface area contributed by atoms with Crippen LogP contribution in [0.5, 0.6) is 0 Å². The predicted octanol–water partition coefficient (Wildman–Crippen LogP) is 1.69. The lowest BCUT2D eigenvalue weighted by Gasteiger charge is -2.22. The fourth-order valence-electron chi connectivity index (χ4n) is 1.74. The summed E-state index contributed by atoms with van der Waals surface area (Å²) in [4.78, 5) is 11.9. The Labute approximate surface area is 107 Å². The molecule has 1 aromatic carbocycles. The number of halogens is 2. The van der Waals surface area contributed by atoms with Crippen LogP contribution in [0, 0.1) is 5.82 Å². The van der Waals surface area contributed by atoms with E-state index < -0.39 is 0 Å². The molecule has 1 atom stereocenters. The number of benzene rings is 1. The Morgan fingerprint density at radius 2 is 2.41 bits per heavy atom. The second kappa shape index (κ2) is 5.71. The van der Waals surface area contributed by atoms with Gasteiger partial charge in [0.15, 0.2) is 5.78 Å². The van der Waals surface area contributed by atoms with Crippen LogP contribution in [0.1, 0.15) is 5.56 Å². The van der Waals surface area contributed by atoms with Crippen LogP contribution in [-0.4, -0.2) is 31.6 Å². The number of rotatable bonds is 3. The monoisotopic (exact) mass is 301 g/mol. The van der Waals surface area contributed by atoms with Crippen molar-refractivity contribution in [1.82, 2.24) is 5.32 Å². The molecule has 1 fully saturated rings. The highest BCUT2D eigenvalue weighted by Gasteiger charge is 2.22. The van der Waals surface area contributed by atoms with E-state index in [4.69, 9.17) is 4.74 Å². The molecule has 0 bridgehead atoms. The normalized spacial score (nSPS) is 20.2. The molecule has 3 nitrogen and oxygen atoms in total. The number of hydrogen-bond acceptors (Lipinski definition) is 3. The fraction of sp³-hybridized carbons (Fsp3) is 0.417. The average Bonchev–Trinajstić information content (AvgIpc) is 2.34. The quantitative estimate of drug-likeness (QED) is 0.923. The van der Waals surface area contributed by atoms with E-state index in [2.05, 4.69) is 21.2 Å². The molecule has 17 heavy (non-hydrogen) atoms. The van der Waals surface area contributed by atoms with Crippen molar-refractivity contribution in [2.45, 2.75) is 12.5 Å². The highest BCUT2D eigenvalue weighted by Crippen LogP contribution is 2.19. The Morgan fingerprint density at radius 1 is 1.59 bits per heavy atom. The van der Waals surface area contributed by atoms with Gasteiger partial charge >= 0.3 is 0 Å². The second-order valence-corrected chi connectivity index (χ2v) is 4.80. The Morgan fingerprint density at radius 3 is 3.06 bits per heavy atom. The zero-order chi connectivity index (χ0) is 12.3. The van der Waals surface area contributed by atoms with Gasteiger partial charge in [-0.15, -0.1) is 0 Å². The van der Waals surface area contributed by atoms with Gasteiger partial charge in [-0.05, 0) is 17.7 Å². The van der Waals surface area contributed by atoms with E-state index in [1.54, 1.807) is 6.07 Å². The molecule has 0 radical (unpaired) electrons. The second-order valence-electron chi connectivity index (χ2n) is 3.94. The van der Waals surface area contributed by atoms with Crippen LogP contribution < -0.4 is 5.32 Å². The Bertz CT molecular complexity index is 419. The first-order valence-corrected chi connectivity index (χ1v) is 6.25. The van der Waals surface area contributed by atoms with Gasteiger partial charge in [0.05, 0.1) is 6.61 Å². The van der Waals surface area contributed by atoms with Crippen LogP contribution in [-0.2, 0) is 16.0 Å². The van der Waals surface area contributed by atoms with Gasteiger partial charge in [0.1, 0.15) is 11.9 Å². The largest absolute Gasteiger partial charge is 0.368 e. The van der Waals surface area contributed by atoms with Crippen molar-refractivity contribution in [2.75, 3.05) is 19.7 Å². The molecule has 1 aromatic rings. The van der Waals surface area contributed by atoms with Crippen LogP contribution in [0.4, 0.5) is 4.39 Å². The van der Waals surface area contributed by atoms with Crippen LogP contribution >= 0.6 is 15.9 Å². The van der Waals surface area contributed by atoms with E-state index in [9.17, 15) is 9.18 Å². The van der Waals surface area contributed by atoms with Crippen molar-refractivity contribution in [2.24, 2.45) is 0 Å². The molecular formula is C12H13BrFNO2. The number of ketones is 1. The average molecular weight is 302 g/mol. The smallest absolute Gasteiger partial charge is 0.167 e. The molecule has 1 saturated heterocycles. The van der Waals surface area contributed by atoms with Crippen molar-refractivity contribution in [3.8, 4) is 0 Å². The summed E-state index contributed by atoms with van der Waals surface area (Å²) in [5.74, 6) is -0.298. The number of Topliss-reactive ketones (excluding diaryl/α,β-unsaturated/α-hetero) is 1. The summed E-state index contributed by atoms with van der Waals surface area (Å²) in [6.45, 7) is 1.89. The summed E-state index contributed by atoms with van der Waals surface area (Å²) >= 11 is 3.25. The van der Waals surface area contributed by atoms with E-state index in [1.165, 1.54) is 12.1 Å². The Hall–Kier alpha value is -0.780. The van der Waals surface area contributed by atoms with E-state index >= 15 is 0 Å². The molecule has 0 spiro atoms. The number of ether oxygens (including phenoxy) is 1. The molecule has 0 aromatic heterocycles. The zero-order valence-electron chi connectivity index (χ0n) is 9.21. The number of carbonyl (C=O) groups is 1. The van der Waals surface area contributed by atoms with Crippen molar-refractivity contribution in [1.29, 1.82) is 0 Å². The zero-order valence-corrected chi connectivity index (χ0v) is 10.8. The van der Waals surface area contributed by atoms with Gasteiger partial charge in [0.2, 0.25) is 0 Å². The van der Waals surface area contributed by atoms with Crippen molar-refractivity contribution < 1.29 is 13.9 Å². The molecule has 0 saturated carbocycles. The van der Waals surface area contributed by atoms with Crippen LogP contribution in [0.3, 0.4) is 0 Å². The summed E-state index contributed by atoms with van der Waals surface area (Å²) in [5.41, 5.74) is 0.783. The SMILES string of the molecule is O=C(Cc1ccc(F)cc1Br)C1CNCCO1. The van der Waals surface area contributed by atoms with Gasteiger partial charge < -0.3 is 10.1 Å². The standard InChI is InChI=1S/C12H13BrFNO2/c13-10-6-9(14)2-1-8(10)5-11(16)12-7-15-3-4-17-12/h1-2,6,12,15H,3-5,7H2. The summed E-state index contributed by atoms with van der Waals surface area (Å²) in [6.07, 6.45) is -0.131. The topological polar surface area (TPSA) is 38.3 Å². The van der Waals surface area contributed by atoms with E-state index in [0.29, 0.717) is 17.6 Å². The van der Waals surface area contributed by atoms with E-state index in [0.717, 1.165) is 12.1 Å². The van der Waals surface area contributed by atoms with Gasteiger partial charge in [0, 0.05) is 24.0 Å². The number of nitrogens with one attached hydrogen (secondary N) is 1. The maximum Gasteiger partial charge on any atom is 0.167 e. The maximum absolute atomic E-state index is 12.9. The van der Waals surface area contributed by atoms with Crippen molar-refractivity contribution in [3.63, 3.8) is 0 Å².